The summed E-state index contributed by atoms with van der Waals surface area (Å²) in [5.74, 6) is 1.62. The van der Waals surface area contributed by atoms with Gasteiger partial charge in [-0.05, 0) is 37.8 Å². The minimum Gasteiger partial charge on any atom is -0.497 e. The molecule has 1 heterocycles. The molecule has 0 aliphatic heterocycles. The monoisotopic (exact) mass is 261 g/mol. The van der Waals surface area contributed by atoms with Crippen LogP contribution in [0.15, 0.2) is 18.2 Å². The molecule has 1 aromatic heterocycles. The van der Waals surface area contributed by atoms with Crippen LogP contribution < -0.4 is 10.1 Å². The number of H-pyrrole nitrogens is 1. The summed E-state index contributed by atoms with van der Waals surface area (Å²) >= 11 is 0. The molecule has 1 aliphatic carbocycles. The van der Waals surface area contributed by atoms with Gasteiger partial charge in [0.15, 0.2) is 0 Å². The number of aliphatic hydroxyl groups excluding tert-OH is 1. The third kappa shape index (κ3) is 2.66. The van der Waals surface area contributed by atoms with Gasteiger partial charge in [-0.3, -0.25) is 0 Å². The molecule has 19 heavy (non-hydrogen) atoms. The molecule has 102 valence electrons. The summed E-state index contributed by atoms with van der Waals surface area (Å²) in [4.78, 5) is 7.78. The molecule has 1 saturated carbocycles. The van der Waals surface area contributed by atoms with Crippen molar-refractivity contribution in [2.24, 2.45) is 0 Å². The van der Waals surface area contributed by atoms with Crippen LogP contribution in [0.2, 0.25) is 0 Å². The van der Waals surface area contributed by atoms with Crippen molar-refractivity contribution in [1.82, 2.24) is 9.97 Å². The number of methoxy groups -OCH3 is 1. The molecule has 0 amide bonds. The molecule has 1 aromatic carbocycles. The van der Waals surface area contributed by atoms with Crippen molar-refractivity contribution in [2.45, 2.75) is 37.8 Å². The topological polar surface area (TPSA) is 70.2 Å². The first-order valence-electron chi connectivity index (χ1n) is 6.73. The summed E-state index contributed by atoms with van der Waals surface area (Å²) in [6.45, 7) is 0. The van der Waals surface area contributed by atoms with Crippen LogP contribution in [0, 0.1) is 0 Å². The van der Waals surface area contributed by atoms with Crippen molar-refractivity contribution in [3.8, 4) is 5.75 Å². The highest BCUT2D eigenvalue weighted by molar-refractivity contribution is 5.79. The maximum atomic E-state index is 9.50. The van der Waals surface area contributed by atoms with Gasteiger partial charge in [0.2, 0.25) is 5.95 Å². The quantitative estimate of drug-likeness (QED) is 0.792. The van der Waals surface area contributed by atoms with Gasteiger partial charge in [-0.25, -0.2) is 4.98 Å². The molecule has 0 spiro atoms. The molecule has 2 aromatic rings. The minimum atomic E-state index is -0.127. The lowest BCUT2D eigenvalue weighted by Gasteiger charge is -2.25. The fourth-order valence-corrected chi connectivity index (χ4v) is 2.60. The molecule has 0 atom stereocenters. The number of fused-ring (bicyclic) bond motifs is 1. The van der Waals surface area contributed by atoms with Gasteiger partial charge < -0.3 is 20.1 Å². The van der Waals surface area contributed by atoms with E-state index in [-0.39, 0.29) is 6.10 Å². The number of benzene rings is 1. The van der Waals surface area contributed by atoms with Crippen LogP contribution in [0.5, 0.6) is 5.75 Å². The van der Waals surface area contributed by atoms with E-state index in [1.54, 1.807) is 7.11 Å². The second-order valence-electron chi connectivity index (χ2n) is 5.12. The molecule has 5 heteroatoms. The van der Waals surface area contributed by atoms with Crippen molar-refractivity contribution in [2.75, 3.05) is 12.4 Å². The highest BCUT2D eigenvalue weighted by Crippen LogP contribution is 2.24. The normalized spacial score (nSPS) is 23.5. The Balaban J connectivity index is 1.74. The number of ether oxygens (including phenoxy) is 1. The second kappa shape index (κ2) is 5.09. The lowest BCUT2D eigenvalue weighted by molar-refractivity contribution is 0.126. The predicted octanol–water partition coefficient (Wildman–Crippen LogP) is 2.29. The molecule has 0 bridgehead atoms. The van der Waals surface area contributed by atoms with Crippen LogP contribution in [0.3, 0.4) is 0 Å². The summed E-state index contributed by atoms with van der Waals surface area (Å²) in [6, 6.07) is 6.19. The number of aromatic nitrogens is 2. The van der Waals surface area contributed by atoms with E-state index >= 15 is 0 Å². The van der Waals surface area contributed by atoms with Gasteiger partial charge >= 0.3 is 0 Å². The molecule has 5 nitrogen and oxygen atoms in total. The summed E-state index contributed by atoms with van der Waals surface area (Å²) in [5, 5.41) is 12.9. The van der Waals surface area contributed by atoms with Gasteiger partial charge in [-0.15, -0.1) is 0 Å². The first-order chi connectivity index (χ1) is 9.24. The SMILES string of the molecule is COc1ccc2nc(NC3CCC(O)CC3)[nH]c2c1. The summed E-state index contributed by atoms with van der Waals surface area (Å²) < 4.78 is 5.20. The van der Waals surface area contributed by atoms with E-state index in [0.29, 0.717) is 6.04 Å². The smallest absolute Gasteiger partial charge is 0.201 e. The number of nitrogens with one attached hydrogen (secondary N) is 2. The lowest BCUT2D eigenvalue weighted by atomic mass is 9.93. The molecule has 0 radical (unpaired) electrons. The standard InChI is InChI=1S/C14H19N3O2/c1-19-11-6-7-12-13(8-11)17-14(16-12)15-9-2-4-10(18)5-3-9/h6-10,18H,2-5H2,1H3,(H2,15,16,17). The third-order valence-electron chi connectivity index (χ3n) is 3.73. The van der Waals surface area contributed by atoms with E-state index in [1.165, 1.54) is 0 Å². The first-order valence-corrected chi connectivity index (χ1v) is 6.73. The molecule has 3 N–H and O–H groups in total. The molecule has 0 unspecified atom stereocenters. The van der Waals surface area contributed by atoms with Crippen molar-refractivity contribution in [3.05, 3.63) is 18.2 Å². The van der Waals surface area contributed by atoms with Gasteiger partial charge in [0.05, 0.1) is 24.2 Å². The Bertz CT molecular complexity index is 559. The van der Waals surface area contributed by atoms with Gasteiger partial charge in [0, 0.05) is 12.1 Å². The Morgan fingerprint density at radius 1 is 1.32 bits per heavy atom. The fraction of sp³-hybridized carbons (Fsp3) is 0.500. The lowest BCUT2D eigenvalue weighted by Crippen LogP contribution is -2.28. The zero-order valence-corrected chi connectivity index (χ0v) is 11.0. The van der Waals surface area contributed by atoms with Gasteiger partial charge in [-0.1, -0.05) is 0 Å². The van der Waals surface area contributed by atoms with Gasteiger partial charge in [0.1, 0.15) is 5.75 Å². The molecule has 3 rings (SSSR count). The second-order valence-corrected chi connectivity index (χ2v) is 5.12. The summed E-state index contributed by atoms with van der Waals surface area (Å²) in [5.41, 5.74) is 1.90. The van der Waals surface area contributed by atoms with Crippen molar-refractivity contribution < 1.29 is 9.84 Å². The number of aromatic amines is 1. The Morgan fingerprint density at radius 3 is 2.84 bits per heavy atom. The highest BCUT2D eigenvalue weighted by Gasteiger charge is 2.19. The molecular formula is C14H19N3O2. The highest BCUT2D eigenvalue weighted by atomic mass is 16.5. The first kappa shape index (κ1) is 12.3. The van der Waals surface area contributed by atoms with Gasteiger partial charge in [-0.2, -0.15) is 0 Å². The zero-order chi connectivity index (χ0) is 13.2. The fourth-order valence-electron chi connectivity index (χ4n) is 2.60. The molecular weight excluding hydrogens is 242 g/mol. The number of hydrogen-bond donors (Lipinski definition) is 3. The van der Waals surface area contributed by atoms with Crippen molar-refractivity contribution in [3.63, 3.8) is 0 Å². The van der Waals surface area contributed by atoms with E-state index in [1.807, 2.05) is 18.2 Å². The van der Waals surface area contributed by atoms with Crippen LogP contribution in [-0.4, -0.2) is 34.3 Å². The van der Waals surface area contributed by atoms with Gasteiger partial charge in [0.25, 0.3) is 0 Å². The van der Waals surface area contributed by atoms with Crippen LogP contribution in [-0.2, 0) is 0 Å². The molecule has 1 fully saturated rings. The maximum Gasteiger partial charge on any atom is 0.201 e. The van der Waals surface area contributed by atoms with Crippen LogP contribution in [0.4, 0.5) is 5.95 Å². The Kier molecular flexibility index (Phi) is 3.29. The van der Waals surface area contributed by atoms with Crippen LogP contribution in [0.1, 0.15) is 25.7 Å². The summed E-state index contributed by atoms with van der Waals surface area (Å²) in [7, 11) is 1.66. The average molecular weight is 261 g/mol. The molecule has 1 aliphatic rings. The number of rotatable bonds is 3. The van der Waals surface area contributed by atoms with E-state index in [4.69, 9.17) is 4.74 Å². The van der Waals surface area contributed by atoms with Crippen LogP contribution in [0.25, 0.3) is 11.0 Å². The Hall–Kier alpha value is -1.75. The zero-order valence-electron chi connectivity index (χ0n) is 11.0. The Morgan fingerprint density at radius 2 is 2.11 bits per heavy atom. The van der Waals surface area contributed by atoms with E-state index in [0.717, 1.165) is 48.4 Å². The average Bonchev–Trinajstić information content (AvgIpc) is 2.82. The largest absolute Gasteiger partial charge is 0.497 e. The summed E-state index contributed by atoms with van der Waals surface area (Å²) in [6.07, 6.45) is 3.58. The maximum absolute atomic E-state index is 9.50. The number of anilines is 1. The third-order valence-corrected chi connectivity index (χ3v) is 3.73. The molecule has 0 saturated heterocycles. The van der Waals surface area contributed by atoms with E-state index in [2.05, 4.69) is 15.3 Å². The number of nitrogens with zero attached hydrogens (tertiary/aromatic N) is 1. The minimum absolute atomic E-state index is 0.127. The van der Waals surface area contributed by atoms with E-state index in [9.17, 15) is 5.11 Å². The number of aliphatic hydroxyl groups is 1. The van der Waals surface area contributed by atoms with E-state index < -0.39 is 0 Å². The van der Waals surface area contributed by atoms with Crippen molar-refractivity contribution in [1.29, 1.82) is 0 Å². The number of imidazole rings is 1. The van der Waals surface area contributed by atoms with Crippen LogP contribution >= 0.6 is 0 Å². The predicted molar refractivity (Wildman–Crippen MR) is 74.5 cm³/mol. The number of hydrogen-bond acceptors (Lipinski definition) is 4. The Labute approximate surface area is 112 Å². The van der Waals surface area contributed by atoms with Crippen molar-refractivity contribution >= 4 is 17.0 Å².